The van der Waals surface area contributed by atoms with Gasteiger partial charge >= 0.3 is 6.03 Å². The fourth-order valence-electron chi connectivity index (χ4n) is 4.59. The van der Waals surface area contributed by atoms with Gasteiger partial charge in [0, 0.05) is 29.9 Å². The highest BCUT2D eigenvalue weighted by atomic mass is 35.5. The molecule has 2 aromatic heterocycles. The molecule has 0 spiro atoms. The van der Waals surface area contributed by atoms with Crippen molar-refractivity contribution in [3.05, 3.63) is 125 Å². The van der Waals surface area contributed by atoms with Crippen LogP contribution in [0.4, 0.5) is 21.4 Å². The molecular formula is C31H28ClN5O3S2. The quantitative estimate of drug-likeness (QED) is 0.169. The molecule has 0 fully saturated rings. The van der Waals surface area contributed by atoms with Gasteiger partial charge in [0.1, 0.15) is 15.8 Å². The van der Waals surface area contributed by atoms with Crippen molar-refractivity contribution in [3.8, 4) is 11.3 Å². The van der Waals surface area contributed by atoms with Crippen LogP contribution in [-0.2, 0) is 10.0 Å². The van der Waals surface area contributed by atoms with Crippen molar-refractivity contribution in [2.24, 2.45) is 0 Å². The minimum absolute atomic E-state index is 0.0764. The van der Waals surface area contributed by atoms with Crippen LogP contribution >= 0.6 is 22.9 Å². The number of nitrogens with zero attached hydrogens (tertiary/aromatic N) is 3. The largest absolute Gasteiger partial charge is 0.329 e. The zero-order valence-corrected chi connectivity index (χ0v) is 25.0. The molecule has 3 aromatic carbocycles. The van der Waals surface area contributed by atoms with Crippen molar-refractivity contribution in [2.75, 3.05) is 27.7 Å². The van der Waals surface area contributed by atoms with Gasteiger partial charge in [-0.25, -0.2) is 23.2 Å². The molecular weight excluding hydrogens is 590 g/mol. The summed E-state index contributed by atoms with van der Waals surface area (Å²) >= 11 is 7.66. The van der Waals surface area contributed by atoms with E-state index < -0.39 is 10.0 Å². The van der Waals surface area contributed by atoms with Crippen molar-refractivity contribution in [2.45, 2.75) is 12.3 Å². The van der Waals surface area contributed by atoms with Crippen molar-refractivity contribution < 1.29 is 13.2 Å². The smallest absolute Gasteiger partial charge is 0.284 e. The molecule has 0 aliphatic heterocycles. The molecule has 0 unspecified atom stereocenters. The fraction of sp³-hybridized carbons (Fsp3) is 0.129. The van der Waals surface area contributed by atoms with E-state index >= 15 is 0 Å². The van der Waals surface area contributed by atoms with Crippen LogP contribution in [0.3, 0.4) is 0 Å². The van der Waals surface area contributed by atoms with Crippen molar-refractivity contribution in [3.63, 3.8) is 0 Å². The first-order chi connectivity index (χ1) is 20.3. The predicted molar refractivity (Wildman–Crippen MR) is 171 cm³/mol. The monoisotopic (exact) mass is 617 g/mol. The summed E-state index contributed by atoms with van der Waals surface area (Å²) in [6, 6.07) is 32.2. The van der Waals surface area contributed by atoms with E-state index in [2.05, 4.69) is 44.3 Å². The van der Waals surface area contributed by atoms with Gasteiger partial charge in [-0.3, -0.25) is 14.9 Å². The maximum absolute atomic E-state index is 13.7. The second-order valence-electron chi connectivity index (χ2n) is 9.53. The number of halogens is 1. The lowest BCUT2D eigenvalue weighted by Crippen LogP contribution is -2.37. The highest BCUT2D eigenvalue weighted by Gasteiger charge is 2.23. The summed E-state index contributed by atoms with van der Waals surface area (Å²) in [5, 5.41) is 3.23. The van der Waals surface area contributed by atoms with Gasteiger partial charge in [0.05, 0.1) is 6.26 Å². The van der Waals surface area contributed by atoms with Crippen LogP contribution in [0.25, 0.3) is 11.3 Å². The normalized spacial score (nSPS) is 11.3. The second-order valence-corrected chi connectivity index (χ2v) is 12.9. The number of hydrogen-bond acceptors (Lipinski definition) is 6. The lowest BCUT2D eigenvalue weighted by Gasteiger charge is -2.25. The number of sulfonamides is 1. The summed E-state index contributed by atoms with van der Waals surface area (Å²) < 4.78 is 25.8. The molecule has 0 aliphatic carbocycles. The zero-order chi connectivity index (χ0) is 29.5. The van der Waals surface area contributed by atoms with Gasteiger partial charge < -0.3 is 0 Å². The van der Waals surface area contributed by atoms with Gasteiger partial charge in [-0.05, 0) is 41.8 Å². The molecule has 214 valence electrons. The minimum Gasteiger partial charge on any atom is -0.284 e. The number of thiazole rings is 1. The van der Waals surface area contributed by atoms with Crippen LogP contribution in [0.2, 0.25) is 4.34 Å². The van der Waals surface area contributed by atoms with Crippen LogP contribution in [0, 0.1) is 0 Å². The molecule has 0 atom stereocenters. The number of urea groups is 1. The molecule has 0 aliphatic rings. The Morgan fingerprint density at radius 3 is 2.10 bits per heavy atom. The molecule has 8 nitrogen and oxygen atoms in total. The van der Waals surface area contributed by atoms with Crippen LogP contribution < -0.4 is 14.9 Å². The maximum Gasteiger partial charge on any atom is 0.329 e. The number of amides is 2. The van der Waals surface area contributed by atoms with Crippen LogP contribution in [0.15, 0.2) is 109 Å². The summed E-state index contributed by atoms with van der Waals surface area (Å²) in [6.07, 6.45) is 3.41. The average Bonchev–Trinajstić information content (AvgIpc) is 3.35. The maximum atomic E-state index is 13.7. The van der Waals surface area contributed by atoms with E-state index in [0.29, 0.717) is 45.2 Å². The zero-order valence-electron chi connectivity index (χ0n) is 22.6. The molecule has 5 aromatic rings. The van der Waals surface area contributed by atoms with E-state index in [4.69, 9.17) is 11.6 Å². The third kappa shape index (κ3) is 7.52. The van der Waals surface area contributed by atoms with Gasteiger partial charge in [-0.1, -0.05) is 102 Å². The van der Waals surface area contributed by atoms with Gasteiger partial charge in [0.15, 0.2) is 5.13 Å². The molecule has 5 rings (SSSR count). The van der Waals surface area contributed by atoms with E-state index in [0.717, 1.165) is 17.6 Å². The SMILES string of the molecule is CS(=O)(=O)Nc1ccc(-c2nc(NC(=O)N(CCC(c3ccccc3)c3ccccc3)c3ccccn3)sc2Cl)cc1. The molecule has 11 heteroatoms. The summed E-state index contributed by atoms with van der Waals surface area (Å²) in [5.74, 6) is 0.596. The molecule has 0 saturated carbocycles. The van der Waals surface area contributed by atoms with Crippen LogP contribution in [-0.4, -0.2) is 37.2 Å². The number of hydrogen-bond donors (Lipinski definition) is 2. The fourth-order valence-corrected chi connectivity index (χ4v) is 6.23. The van der Waals surface area contributed by atoms with Gasteiger partial charge in [-0.2, -0.15) is 0 Å². The highest BCUT2D eigenvalue weighted by molar-refractivity contribution is 7.92. The summed E-state index contributed by atoms with van der Waals surface area (Å²) in [5.41, 5.74) is 3.93. The summed E-state index contributed by atoms with van der Waals surface area (Å²) in [6.45, 7) is 0.401. The Morgan fingerprint density at radius 2 is 1.52 bits per heavy atom. The van der Waals surface area contributed by atoms with Crippen molar-refractivity contribution in [1.29, 1.82) is 0 Å². The number of pyridine rings is 1. The first-order valence-corrected chi connectivity index (χ1v) is 16.2. The Hall–Kier alpha value is -4.25. The first-order valence-electron chi connectivity index (χ1n) is 13.1. The molecule has 0 saturated heterocycles. The summed E-state index contributed by atoms with van der Waals surface area (Å²) in [7, 11) is -3.39. The number of carbonyl (C=O) groups is 1. The Labute approximate surface area is 254 Å². The average molecular weight is 618 g/mol. The molecule has 2 N–H and O–H groups in total. The third-order valence-electron chi connectivity index (χ3n) is 6.48. The number of carbonyl (C=O) groups excluding carboxylic acids is 1. The number of nitrogens with one attached hydrogen (secondary N) is 2. The number of aromatic nitrogens is 2. The molecule has 0 bridgehead atoms. The van der Waals surface area contributed by atoms with Gasteiger partial charge in [0.2, 0.25) is 10.0 Å². The minimum atomic E-state index is -3.39. The summed E-state index contributed by atoms with van der Waals surface area (Å²) in [4.78, 5) is 24.3. The second kappa shape index (κ2) is 13.2. The standard InChI is InChI=1S/C31H28ClN5O3S2/c1-42(39,40)36-25-17-15-24(16-18-25)28-29(32)41-30(34-28)35-31(38)37(27-14-8-9-20-33-27)21-19-26(22-10-4-2-5-11-22)23-12-6-3-7-13-23/h2-18,20,26,36H,19,21H2,1H3,(H,34,35,38). The van der Waals surface area contributed by atoms with E-state index in [1.165, 1.54) is 11.1 Å². The number of benzene rings is 3. The molecule has 2 amide bonds. The van der Waals surface area contributed by atoms with Crippen molar-refractivity contribution in [1.82, 2.24) is 9.97 Å². The van der Waals surface area contributed by atoms with Crippen molar-refractivity contribution >= 4 is 55.6 Å². The molecule has 42 heavy (non-hydrogen) atoms. The Morgan fingerprint density at radius 1 is 0.905 bits per heavy atom. The molecule has 0 radical (unpaired) electrons. The molecule has 2 heterocycles. The topological polar surface area (TPSA) is 104 Å². The van der Waals surface area contributed by atoms with E-state index in [1.54, 1.807) is 47.5 Å². The number of rotatable bonds is 10. The van der Waals surface area contributed by atoms with Gasteiger partial charge in [-0.15, -0.1) is 0 Å². The van der Waals surface area contributed by atoms with E-state index in [-0.39, 0.29) is 11.9 Å². The third-order valence-corrected chi connectivity index (χ3v) is 8.25. The Balaban J connectivity index is 1.36. The van der Waals surface area contributed by atoms with E-state index in [1.807, 2.05) is 42.5 Å². The van der Waals surface area contributed by atoms with Crippen LogP contribution in [0.1, 0.15) is 23.5 Å². The first kappa shape index (κ1) is 29.2. The Kier molecular flexibility index (Phi) is 9.16. The predicted octanol–water partition coefficient (Wildman–Crippen LogP) is 7.49. The lowest BCUT2D eigenvalue weighted by atomic mass is 9.88. The lowest BCUT2D eigenvalue weighted by molar-refractivity contribution is 0.256. The highest BCUT2D eigenvalue weighted by Crippen LogP contribution is 2.36. The Bertz CT molecular complexity index is 1690. The van der Waals surface area contributed by atoms with E-state index in [9.17, 15) is 13.2 Å². The number of anilines is 3. The van der Waals surface area contributed by atoms with Gasteiger partial charge in [0.25, 0.3) is 0 Å². The van der Waals surface area contributed by atoms with Crippen LogP contribution in [0.5, 0.6) is 0 Å².